The van der Waals surface area contributed by atoms with Gasteiger partial charge in [0.1, 0.15) is 11.8 Å². The Morgan fingerprint density at radius 1 is 1.14 bits per heavy atom. The molecule has 11 nitrogen and oxygen atoms in total. The van der Waals surface area contributed by atoms with Crippen LogP contribution < -0.4 is 0 Å². The van der Waals surface area contributed by atoms with Gasteiger partial charge in [-0.05, 0) is 71.4 Å². The molecule has 1 aromatic heterocycles. The number of aliphatic carboxylic acids is 1. The molecule has 3 atom stereocenters. The highest BCUT2D eigenvalue weighted by atomic mass is 16.6. The van der Waals surface area contributed by atoms with E-state index in [9.17, 15) is 19.5 Å². The van der Waals surface area contributed by atoms with Gasteiger partial charge in [-0.1, -0.05) is 19.9 Å². The smallest absolute Gasteiger partial charge is 0.410 e. The lowest BCUT2D eigenvalue weighted by Crippen LogP contribution is -2.47. The van der Waals surface area contributed by atoms with Crippen LogP contribution in [-0.4, -0.2) is 101 Å². The molecule has 11 heteroatoms. The molecule has 2 aliphatic rings. The molecule has 0 radical (unpaired) electrons. The molecule has 0 bridgehead atoms. The van der Waals surface area contributed by atoms with Crippen LogP contribution in [0.15, 0.2) is 12.3 Å². The summed E-state index contributed by atoms with van der Waals surface area (Å²) >= 11 is 0. The Bertz CT molecular complexity index is 1150. The summed E-state index contributed by atoms with van der Waals surface area (Å²) in [6.45, 7) is 14.0. The molecule has 1 saturated heterocycles. The zero-order valence-electron chi connectivity index (χ0n) is 27.0. The van der Waals surface area contributed by atoms with Crippen LogP contribution >= 0.6 is 0 Å². The van der Waals surface area contributed by atoms with E-state index in [2.05, 4.69) is 4.90 Å². The lowest BCUT2D eigenvalue weighted by molar-refractivity contribution is -0.150. The van der Waals surface area contributed by atoms with Gasteiger partial charge in [-0.25, -0.2) is 9.48 Å². The maximum Gasteiger partial charge on any atom is 0.410 e. The molecule has 0 spiro atoms. The number of hydrogen-bond acceptors (Lipinski definition) is 7. The van der Waals surface area contributed by atoms with E-state index in [1.807, 2.05) is 65.5 Å². The topological polar surface area (TPSA) is 117 Å². The van der Waals surface area contributed by atoms with Crippen LogP contribution in [0.1, 0.15) is 84.7 Å². The Balaban J connectivity index is 1.94. The lowest BCUT2D eigenvalue weighted by Gasteiger charge is -2.42. The Kier molecular flexibility index (Phi) is 10.9. The maximum atomic E-state index is 13.5. The van der Waals surface area contributed by atoms with Gasteiger partial charge in [0.2, 0.25) is 5.91 Å². The third kappa shape index (κ3) is 8.12. The van der Waals surface area contributed by atoms with E-state index < -0.39 is 28.8 Å². The minimum Gasteiger partial charge on any atom is -0.481 e. The second kappa shape index (κ2) is 13.6. The van der Waals surface area contributed by atoms with Gasteiger partial charge in [0, 0.05) is 58.6 Å². The number of likely N-dealkylation sites (N-methyl/N-ethyl adjacent to an activating group) is 2. The highest BCUT2D eigenvalue weighted by molar-refractivity contribution is 5.87. The molecule has 236 valence electrons. The summed E-state index contributed by atoms with van der Waals surface area (Å²) in [7, 11) is 5.44. The minimum absolute atomic E-state index is 0.0927. The number of hydrogen-bond donors (Lipinski definition) is 1. The number of nitrogens with zero attached hydrogens (tertiary/aromatic N) is 5. The molecular weight excluding hydrogens is 538 g/mol. The summed E-state index contributed by atoms with van der Waals surface area (Å²) < 4.78 is 13.4. The molecule has 3 unspecified atom stereocenters. The number of aromatic nitrogens is 2. The molecule has 0 aromatic carbocycles. The second-order valence-corrected chi connectivity index (χ2v) is 13.4. The molecule has 1 aliphatic heterocycles. The number of rotatable bonds is 10. The van der Waals surface area contributed by atoms with Crippen LogP contribution in [0.4, 0.5) is 4.79 Å². The van der Waals surface area contributed by atoms with E-state index >= 15 is 0 Å². The first-order valence-electron chi connectivity index (χ1n) is 15.1. The van der Waals surface area contributed by atoms with Crippen LogP contribution in [-0.2, 0) is 25.6 Å². The zero-order valence-corrected chi connectivity index (χ0v) is 27.0. The first-order chi connectivity index (χ1) is 19.5. The summed E-state index contributed by atoms with van der Waals surface area (Å²) in [5.74, 6) is -2.36. The van der Waals surface area contributed by atoms with Gasteiger partial charge >= 0.3 is 12.1 Å². The molecule has 1 N–H and O–H groups in total. The molecule has 1 aromatic rings. The summed E-state index contributed by atoms with van der Waals surface area (Å²) in [6.07, 6.45) is 6.57. The van der Waals surface area contributed by atoms with Crippen LogP contribution in [0.5, 0.6) is 0 Å². The Morgan fingerprint density at radius 2 is 1.83 bits per heavy atom. The third-order valence-electron chi connectivity index (χ3n) is 8.43. The number of carbonyl (C=O) groups is 3. The summed E-state index contributed by atoms with van der Waals surface area (Å²) in [5, 5.41) is 15.2. The van der Waals surface area contributed by atoms with Crippen LogP contribution in [0.25, 0.3) is 5.57 Å². The molecule has 1 fully saturated rings. The zero-order chi connectivity index (χ0) is 31.4. The van der Waals surface area contributed by atoms with E-state index in [1.165, 1.54) is 0 Å². The quantitative estimate of drug-likeness (QED) is 0.424. The number of carboxylic acids is 1. The van der Waals surface area contributed by atoms with Gasteiger partial charge < -0.3 is 29.3 Å². The maximum absolute atomic E-state index is 13.5. The Morgan fingerprint density at radius 3 is 2.40 bits per heavy atom. The fourth-order valence-corrected chi connectivity index (χ4v) is 5.56. The largest absolute Gasteiger partial charge is 0.481 e. The third-order valence-corrected chi connectivity index (χ3v) is 8.43. The van der Waals surface area contributed by atoms with Gasteiger partial charge in [0.05, 0.1) is 17.5 Å². The average Bonchev–Trinajstić information content (AvgIpc) is 3.33. The van der Waals surface area contributed by atoms with Crippen LogP contribution in [0, 0.1) is 17.3 Å². The Hall–Kier alpha value is -2.92. The monoisotopic (exact) mass is 589 g/mol. The fraction of sp³-hybridized carbons (Fsp3) is 0.742. The van der Waals surface area contributed by atoms with Gasteiger partial charge in [-0.3, -0.25) is 9.59 Å². The van der Waals surface area contributed by atoms with Crippen molar-refractivity contribution in [1.29, 1.82) is 0 Å². The number of carboxylic acid groups (broad SMARTS) is 1. The molecule has 2 amide bonds. The fourth-order valence-electron chi connectivity index (χ4n) is 5.56. The Labute approximate surface area is 250 Å². The van der Waals surface area contributed by atoms with Crippen LogP contribution in [0.2, 0.25) is 0 Å². The van der Waals surface area contributed by atoms with Crippen molar-refractivity contribution in [2.24, 2.45) is 17.3 Å². The van der Waals surface area contributed by atoms with E-state index in [0.29, 0.717) is 38.5 Å². The van der Waals surface area contributed by atoms with Crippen molar-refractivity contribution in [3.63, 3.8) is 0 Å². The van der Waals surface area contributed by atoms with Crippen molar-refractivity contribution in [3.05, 3.63) is 23.5 Å². The second-order valence-electron chi connectivity index (χ2n) is 13.4. The number of carbonyl (C=O) groups excluding carboxylic acids is 2. The van der Waals surface area contributed by atoms with Crippen molar-refractivity contribution in [1.82, 2.24) is 24.5 Å². The summed E-state index contributed by atoms with van der Waals surface area (Å²) in [4.78, 5) is 43.7. The molecule has 0 saturated carbocycles. The van der Waals surface area contributed by atoms with Crippen molar-refractivity contribution in [3.8, 4) is 0 Å². The highest BCUT2D eigenvalue weighted by Crippen LogP contribution is 2.47. The van der Waals surface area contributed by atoms with Crippen molar-refractivity contribution < 1.29 is 29.0 Å². The normalized spacial score (nSPS) is 22.4. The molecule has 2 heterocycles. The van der Waals surface area contributed by atoms with E-state index in [1.54, 1.807) is 23.9 Å². The van der Waals surface area contributed by atoms with Crippen molar-refractivity contribution in [2.75, 3.05) is 47.4 Å². The molecule has 3 rings (SSSR count). The molecular formula is C31H51N5O6. The standard InChI is InChI=1S/C31H51N5O6/c1-10-34(8)27(37)23-17-21(18-24(28(38)39)31(23,5)6)26-22(20-36(32-26)25-13-11-12-16-41-25)19-33(7)14-15-35(9)29(40)42-30(2,3)4/h17,20,23-25H,10-16,18-19H2,1-9H3,(H,38,39). The highest BCUT2D eigenvalue weighted by Gasteiger charge is 2.48. The van der Waals surface area contributed by atoms with Gasteiger partial charge in [0.15, 0.2) is 0 Å². The van der Waals surface area contributed by atoms with E-state index in [0.717, 1.165) is 30.4 Å². The lowest BCUT2D eigenvalue weighted by atomic mass is 9.62. The average molecular weight is 590 g/mol. The summed E-state index contributed by atoms with van der Waals surface area (Å²) in [6, 6.07) is 0. The van der Waals surface area contributed by atoms with Crippen LogP contribution in [0.3, 0.4) is 0 Å². The van der Waals surface area contributed by atoms with Crippen molar-refractivity contribution in [2.45, 2.75) is 85.6 Å². The number of allylic oxidation sites excluding steroid dienone is 1. The van der Waals surface area contributed by atoms with E-state index in [-0.39, 0.29) is 24.6 Å². The minimum atomic E-state index is -0.915. The van der Waals surface area contributed by atoms with Crippen molar-refractivity contribution >= 4 is 23.5 Å². The first-order valence-corrected chi connectivity index (χ1v) is 15.1. The van der Waals surface area contributed by atoms with Gasteiger partial charge in [-0.2, -0.15) is 5.10 Å². The number of ether oxygens (including phenoxy) is 2. The number of amides is 2. The summed E-state index contributed by atoms with van der Waals surface area (Å²) in [5.41, 5.74) is 1.07. The molecule has 1 aliphatic carbocycles. The van der Waals surface area contributed by atoms with E-state index in [4.69, 9.17) is 14.6 Å². The SMILES string of the molecule is CCN(C)C(=O)C1C=C(c2nn(C3CCCCO3)cc2CN(C)CCN(C)C(=O)OC(C)(C)C)CC(C(=O)O)C1(C)C. The predicted molar refractivity (Wildman–Crippen MR) is 161 cm³/mol. The van der Waals surface area contributed by atoms with Gasteiger partial charge in [-0.15, -0.1) is 0 Å². The predicted octanol–water partition coefficient (Wildman–Crippen LogP) is 4.49. The van der Waals surface area contributed by atoms with Gasteiger partial charge in [0.25, 0.3) is 0 Å². The molecule has 42 heavy (non-hydrogen) atoms. The first kappa shape index (κ1) is 33.6.